The van der Waals surface area contributed by atoms with Gasteiger partial charge >= 0.3 is 0 Å². The van der Waals surface area contributed by atoms with Crippen molar-refractivity contribution in [3.8, 4) is 17.0 Å². The lowest BCUT2D eigenvalue weighted by atomic mass is 10.1. The van der Waals surface area contributed by atoms with Gasteiger partial charge in [-0.2, -0.15) is 0 Å². The maximum Gasteiger partial charge on any atom is 0.265 e. The molecule has 0 saturated heterocycles. The lowest BCUT2D eigenvalue weighted by Crippen LogP contribution is -2.43. The molecule has 2 amide bonds. The Kier molecular flexibility index (Phi) is 6.74. The van der Waals surface area contributed by atoms with E-state index in [0.717, 1.165) is 28.2 Å². The molecule has 0 bridgehead atoms. The molecule has 0 saturated carbocycles. The number of rotatable bonds is 7. The second kappa shape index (κ2) is 9.68. The van der Waals surface area contributed by atoms with E-state index in [1.165, 1.54) is 4.90 Å². The fraction of sp³-hybridized carbons (Fsp3) is 0.261. The van der Waals surface area contributed by atoms with Crippen molar-refractivity contribution in [3.63, 3.8) is 0 Å². The first-order valence-corrected chi connectivity index (χ1v) is 11.3. The summed E-state index contributed by atoms with van der Waals surface area (Å²) in [5.74, 6) is -0.0564. The Morgan fingerprint density at radius 1 is 1.34 bits per heavy atom. The van der Waals surface area contributed by atoms with Crippen LogP contribution >= 0.6 is 22.9 Å². The van der Waals surface area contributed by atoms with Gasteiger partial charge in [-0.15, -0.1) is 11.3 Å². The van der Waals surface area contributed by atoms with E-state index in [0.29, 0.717) is 28.8 Å². The molecule has 7 nitrogen and oxygen atoms in total. The van der Waals surface area contributed by atoms with Gasteiger partial charge in [0.25, 0.3) is 5.91 Å². The average molecular weight is 472 g/mol. The molecule has 0 radical (unpaired) electrons. The van der Waals surface area contributed by atoms with Crippen molar-refractivity contribution in [1.29, 1.82) is 0 Å². The summed E-state index contributed by atoms with van der Waals surface area (Å²) in [7, 11) is 1.66. The average Bonchev–Trinajstić information content (AvgIpc) is 3.26. The zero-order chi connectivity index (χ0) is 22.7. The van der Waals surface area contributed by atoms with Crippen LogP contribution in [0.2, 0.25) is 5.02 Å². The van der Waals surface area contributed by atoms with Crippen LogP contribution in [-0.2, 0) is 20.7 Å². The van der Waals surface area contributed by atoms with Crippen molar-refractivity contribution in [1.82, 2.24) is 4.98 Å². The minimum atomic E-state index is -0.322. The number of carbonyl (C=O) groups is 2. The molecule has 2 aromatic carbocycles. The van der Waals surface area contributed by atoms with Gasteiger partial charge in [-0.3, -0.25) is 14.5 Å². The van der Waals surface area contributed by atoms with Gasteiger partial charge in [-0.05, 0) is 42.8 Å². The van der Waals surface area contributed by atoms with Gasteiger partial charge in [0, 0.05) is 35.2 Å². The first kappa shape index (κ1) is 22.3. The second-order valence-electron chi connectivity index (χ2n) is 7.28. The molecule has 2 heterocycles. The number of hydrogen-bond donors (Lipinski definition) is 1. The molecule has 0 aliphatic carbocycles. The molecule has 1 aromatic heterocycles. The van der Waals surface area contributed by atoms with E-state index in [4.69, 9.17) is 21.1 Å². The van der Waals surface area contributed by atoms with Crippen LogP contribution in [0.25, 0.3) is 11.3 Å². The van der Waals surface area contributed by atoms with Crippen LogP contribution in [0.4, 0.5) is 11.4 Å². The lowest BCUT2D eigenvalue weighted by molar-refractivity contribution is -0.123. The number of anilines is 2. The highest BCUT2D eigenvalue weighted by molar-refractivity contribution is 7.09. The van der Waals surface area contributed by atoms with Gasteiger partial charge in [-0.1, -0.05) is 17.7 Å². The standard InChI is InChI=1S/C23H22ClN3O4S/c1-14-16(24)4-3-5-17(14)25-21(28)11-27-19-10-15(6-7-20(19)31-12-23(27)29)18-13-32-22(26-18)8-9-30-2/h3-7,10,13H,8-9,11-12H2,1-2H3,(H,25,28). The molecular formula is C23H22ClN3O4S. The molecule has 32 heavy (non-hydrogen) atoms. The third-order valence-corrected chi connectivity index (χ3v) is 6.43. The highest BCUT2D eigenvalue weighted by Gasteiger charge is 2.28. The molecule has 1 aliphatic rings. The number of nitrogens with zero attached hydrogens (tertiary/aromatic N) is 2. The zero-order valence-electron chi connectivity index (χ0n) is 17.7. The highest BCUT2D eigenvalue weighted by Crippen LogP contribution is 2.36. The summed E-state index contributed by atoms with van der Waals surface area (Å²) in [6.45, 7) is 2.18. The maximum atomic E-state index is 12.7. The van der Waals surface area contributed by atoms with Gasteiger partial charge in [0.1, 0.15) is 12.3 Å². The van der Waals surface area contributed by atoms with Crippen molar-refractivity contribution in [2.24, 2.45) is 0 Å². The maximum absolute atomic E-state index is 12.7. The highest BCUT2D eigenvalue weighted by atomic mass is 35.5. The number of ether oxygens (including phenoxy) is 2. The molecule has 1 N–H and O–H groups in total. The fourth-order valence-electron chi connectivity index (χ4n) is 3.36. The summed E-state index contributed by atoms with van der Waals surface area (Å²) in [5.41, 5.74) is 3.58. The van der Waals surface area contributed by atoms with Gasteiger partial charge in [0.2, 0.25) is 5.91 Å². The number of nitrogens with one attached hydrogen (secondary N) is 1. The topological polar surface area (TPSA) is 80.8 Å². The SMILES string of the molecule is COCCc1nc(-c2ccc3c(c2)N(CC(=O)Nc2cccc(Cl)c2C)C(=O)CO3)cs1. The first-order valence-electron chi connectivity index (χ1n) is 10.0. The van der Waals surface area contributed by atoms with E-state index in [1.54, 1.807) is 42.7 Å². The number of fused-ring (bicyclic) bond motifs is 1. The Labute approximate surface area is 194 Å². The molecule has 0 atom stereocenters. The van der Waals surface area contributed by atoms with Crippen LogP contribution < -0.4 is 15.0 Å². The number of aromatic nitrogens is 1. The van der Waals surface area contributed by atoms with E-state index in [2.05, 4.69) is 10.3 Å². The smallest absolute Gasteiger partial charge is 0.265 e. The summed E-state index contributed by atoms with van der Waals surface area (Å²) in [6.07, 6.45) is 0.739. The minimum Gasteiger partial charge on any atom is -0.482 e. The Morgan fingerprint density at radius 3 is 3.00 bits per heavy atom. The monoisotopic (exact) mass is 471 g/mol. The lowest BCUT2D eigenvalue weighted by Gasteiger charge is -2.29. The second-order valence-corrected chi connectivity index (χ2v) is 8.63. The molecule has 166 valence electrons. The number of halogens is 1. The fourth-order valence-corrected chi connectivity index (χ4v) is 4.32. The molecule has 0 unspecified atom stereocenters. The van der Waals surface area contributed by atoms with Crippen molar-refractivity contribution < 1.29 is 19.1 Å². The summed E-state index contributed by atoms with van der Waals surface area (Å²) < 4.78 is 10.7. The molecule has 9 heteroatoms. The van der Waals surface area contributed by atoms with E-state index < -0.39 is 0 Å². The van der Waals surface area contributed by atoms with Crippen molar-refractivity contribution in [2.75, 3.05) is 37.1 Å². The predicted molar refractivity (Wildman–Crippen MR) is 126 cm³/mol. The van der Waals surface area contributed by atoms with E-state index in [1.807, 2.05) is 24.4 Å². The van der Waals surface area contributed by atoms with E-state index in [-0.39, 0.29) is 25.0 Å². The minimum absolute atomic E-state index is 0.117. The van der Waals surface area contributed by atoms with Gasteiger partial charge in [-0.25, -0.2) is 4.98 Å². The van der Waals surface area contributed by atoms with Crippen molar-refractivity contribution in [3.05, 3.63) is 57.4 Å². The summed E-state index contributed by atoms with van der Waals surface area (Å²) in [4.78, 5) is 31.4. The molecule has 0 fully saturated rings. The Hall–Kier alpha value is -2.94. The molecule has 1 aliphatic heterocycles. The van der Waals surface area contributed by atoms with Gasteiger partial charge in [0.05, 0.1) is 23.0 Å². The van der Waals surface area contributed by atoms with Crippen LogP contribution in [0.3, 0.4) is 0 Å². The van der Waals surface area contributed by atoms with Crippen molar-refractivity contribution >= 4 is 46.1 Å². The molecular weight excluding hydrogens is 450 g/mol. The third-order valence-electron chi connectivity index (χ3n) is 5.11. The summed E-state index contributed by atoms with van der Waals surface area (Å²) in [6, 6.07) is 10.8. The van der Waals surface area contributed by atoms with Gasteiger partial charge in [0.15, 0.2) is 6.61 Å². The Balaban J connectivity index is 1.56. The molecule has 3 aromatic rings. The third kappa shape index (κ3) is 4.77. The Morgan fingerprint density at radius 2 is 2.19 bits per heavy atom. The molecule has 4 rings (SSSR count). The van der Waals surface area contributed by atoms with Crippen LogP contribution in [0, 0.1) is 6.92 Å². The number of benzene rings is 2. The summed E-state index contributed by atoms with van der Waals surface area (Å²) >= 11 is 7.70. The van der Waals surface area contributed by atoms with E-state index >= 15 is 0 Å². The number of amides is 2. The molecule has 0 spiro atoms. The normalized spacial score (nSPS) is 13.0. The number of thiazole rings is 1. The first-order chi connectivity index (χ1) is 15.5. The van der Waals surface area contributed by atoms with Crippen LogP contribution in [-0.4, -0.2) is 43.7 Å². The number of carbonyl (C=O) groups excluding carboxylic acids is 2. The number of hydrogen-bond acceptors (Lipinski definition) is 6. The van der Waals surface area contributed by atoms with Crippen LogP contribution in [0.15, 0.2) is 41.8 Å². The van der Waals surface area contributed by atoms with E-state index in [9.17, 15) is 9.59 Å². The summed E-state index contributed by atoms with van der Waals surface area (Å²) in [5, 5.41) is 6.34. The predicted octanol–water partition coefficient (Wildman–Crippen LogP) is 4.32. The van der Waals surface area contributed by atoms with Crippen LogP contribution in [0.1, 0.15) is 10.6 Å². The Bertz CT molecular complexity index is 1160. The van der Waals surface area contributed by atoms with Gasteiger partial charge < -0.3 is 14.8 Å². The zero-order valence-corrected chi connectivity index (χ0v) is 19.3. The van der Waals surface area contributed by atoms with Crippen LogP contribution in [0.5, 0.6) is 5.75 Å². The quantitative estimate of drug-likeness (QED) is 0.555. The largest absolute Gasteiger partial charge is 0.482 e. The number of methoxy groups -OCH3 is 1. The van der Waals surface area contributed by atoms with Crippen molar-refractivity contribution in [2.45, 2.75) is 13.3 Å².